The molecule has 0 spiro atoms. The quantitative estimate of drug-likeness (QED) is 0.0210. The maximum atomic E-state index is 12.8. The summed E-state index contributed by atoms with van der Waals surface area (Å²) in [5.74, 6) is -1.96. The number of hydrogen-bond acceptors (Lipinski definition) is 10. The number of ether oxygens (including phenoxy) is 2. The number of nitrogens with zero attached hydrogens (tertiary/aromatic N) is 1. The van der Waals surface area contributed by atoms with Crippen molar-refractivity contribution in [1.82, 2.24) is 5.32 Å². The average molecular weight is 956 g/mol. The van der Waals surface area contributed by atoms with Gasteiger partial charge in [-0.2, -0.15) is 0 Å². The smallest absolute Gasteiger partial charge is 0.462 e. The Morgan fingerprint density at radius 3 is 1.50 bits per heavy atom. The zero-order valence-electron chi connectivity index (χ0n) is 41.2. The van der Waals surface area contributed by atoms with Crippen molar-refractivity contribution in [3.63, 3.8) is 0 Å². The van der Waals surface area contributed by atoms with Gasteiger partial charge < -0.3 is 19.7 Å². The Kier molecular flexibility index (Phi) is 37.8. The van der Waals surface area contributed by atoms with Crippen LogP contribution in [0, 0.1) is 0 Å². The third-order valence-electron chi connectivity index (χ3n) is 11.7. The number of hydrogen-bond donors (Lipinski definition) is 2. The molecule has 2 rings (SSSR count). The number of anilines is 1. The van der Waals surface area contributed by atoms with E-state index in [0.29, 0.717) is 31.4 Å². The maximum Gasteiger partial charge on any atom is 1.00 e. The van der Waals surface area contributed by atoms with Gasteiger partial charge in [0.2, 0.25) is 5.91 Å². The predicted molar refractivity (Wildman–Crippen MR) is 257 cm³/mol. The van der Waals surface area contributed by atoms with Gasteiger partial charge in [0.1, 0.15) is 6.61 Å². The molecule has 1 unspecified atom stereocenters. The van der Waals surface area contributed by atoms with Gasteiger partial charge in [0.05, 0.1) is 18.9 Å². The molecule has 0 saturated heterocycles. The molecule has 0 bridgehead atoms. The molecule has 1 aliphatic rings. The molecule has 0 aliphatic carbocycles. The van der Waals surface area contributed by atoms with E-state index in [0.717, 1.165) is 49.0 Å². The van der Waals surface area contributed by atoms with Crippen LogP contribution in [0.4, 0.5) is 5.69 Å². The van der Waals surface area contributed by atoms with E-state index < -0.39 is 32.5 Å². The first-order valence-corrected chi connectivity index (χ1v) is 26.9. The molecule has 0 saturated carbocycles. The third-order valence-corrected chi connectivity index (χ3v) is 12.7. The largest absolute Gasteiger partial charge is 1.00 e. The van der Waals surface area contributed by atoms with E-state index in [1.54, 1.807) is 24.3 Å². The number of nitrogens with one attached hydrogen (secondary N) is 1. The van der Waals surface area contributed by atoms with Crippen LogP contribution in [0.2, 0.25) is 0 Å². The van der Waals surface area contributed by atoms with Crippen LogP contribution >= 0.6 is 7.82 Å². The van der Waals surface area contributed by atoms with Gasteiger partial charge in [-0.3, -0.25) is 33.0 Å². The van der Waals surface area contributed by atoms with Crippen molar-refractivity contribution in [3.8, 4) is 0 Å². The average Bonchev–Trinajstić information content (AvgIpc) is 3.63. The Labute approximate surface area is 419 Å². The van der Waals surface area contributed by atoms with Gasteiger partial charge in [0.15, 0.2) is 6.10 Å². The standard InChI is InChI=1S/C51H85N2O11P.Na/c1-3-5-7-9-11-13-15-17-19-21-23-25-27-32-50(57)61-42-46(64-51(58)33-28-26-24-22-20-18-16-14-12-10-8-6-4-2)43-63-65(59,60)62-41-40-52-47(54)31-29-30-44-34-36-45(37-35-44)53-48(55)38-39-49(53)56;/h34-39,46H,3-33,40-43H2,1-2H3,(H,52,54)(H,59,60);/q;+1/t46-;/m1./s1. The normalized spacial score (nSPS) is 13.7. The van der Waals surface area contributed by atoms with E-state index >= 15 is 0 Å². The molecular formula is C51H85N2NaO11P+. The summed E-state index contributed by atoms with van der Waals surface area (Å²) in [6.45, 7) is 3.31. The first-order valence-electron chi connectivity index (χ1n) is 25.4. The molecule has 1 aliphatic heterocycles. The van der Waals surface area contributed by atoms with Crippen molar-refractivity contribution >= 4 is 43.2 Å². The minimum absolute atomic E-state index is 0. The van der Waals surface area contributed by atoms with Gasteiger partial charge >= 0.3 is 49.3 Å². The van der Waals surface area contributed by atoms with Crippen molar-refractivity contribution in [1.29, 1.82) is 0 Å². The van der Waals surface area contributed by atoms with Gasteiger partial charge in [0.25, 0.3) is 11.8 Å². The number of unbranched alkanes of at least 4 members (excludes halogenated alkanes) is 24. The predicted octanol–water partition coefficient (Wildman–Crippen LogP) is 9.11. The second-order valence-corrected chi connectivity index (χ2v) is 19.0. The summed E-state index contributed by atoms with van der Waals surface area (Å²) >= 11 is 0. The number of esters is 2. The first kappa shape index (κ1) is 61.6. The number of phosphoric acid groups is 1. The van der Waals surface area contributed by atoms with E-state index in [1.807, 2.05) is 0 Å². The van der Waals surface area contributed by atoms with E-state index in [4.69, 9.17) is 18.5 Å². The molecule has 66 heavy (non-hydrogen) atoms. The maximum absolute atomic E-state index is 12.8. The van der Waals surface area contributed by atoms with Gasteiger partial charge in [-0.25, -0.2) is 9.46 Å². The van der Waals surface area contributed by atoms with Crippen LogP contribution in [-0.2, 0) is 53.5 Å². The summed E-state index contributed by atoms with van der Waals surface area (Å²) in [5, 5.41) is 2.65. The molecule has 1 aromatic rings. The SMILES string of the molecule is CCCCCCCCCCCCCCCC(=O)OC[C@H](COP(=O)(O)OCCNC(=O)CCCc1ccc(N2C(=O)C=CC2=O)cc1)OC(=O)CCCCCCCCCCCCCCC.[Na+]. The second kappa shape index (κ2) is 40.5. The van der Waals surface area contributed by atoms with Crippen LogP contribution in [0.25, 0.3) is 0 Å². The number of carbonyl (C=O) groups excluding carboxylic acids is 5. The number of rotatable bonds is 43. The number of phosphoric ester groups is 1. The fourth-order valence-corrected chi connectivity index (χ4v) is 8.52. The number of imide groups is 1. The third kappa shape index (κ3) is 32.4. The van der Waals surface area contributed by atoms with Crippen LogP contribution in [0.3, 0.4) is 0 Å². The summed E-state index contributed by atoms with van der Waals surface area (Å²) < 4.78 is 34.0. The number of aryl methyl sites for hydroxylation is 1. The molecule has 15 heteroatoms. The van der Waals surface area contributed by atoms with Crippen molar-refractivity contribution in [2.24, 2.45) is 0 Å². The molecule has 1 aromatic carbocycles. The van der Waals surface area contributed by atoms with E-state index in [-0.39, 0.29) is 86.3 Å². The molecular weight excluding hydrogens is 871 g/mol. The van der Waals surface area contributed by atoms with E-state index in [2.05, 4.69) is 19.2 Å². The number of benzene rings is 1. The number of amides is 3. The summed E-state index contributed by atoms with van der Waals surface area (Å²) in [4.78, 5) is 73.0. The fraction of sp³-hybridized carbons (Fsp3) is 0.745. The zero-order valence-corrected chi connectivity index (χ0v) is 44.1. The minimum atomic E-state index is -4.61. The van der Waals surface area contributed by atoms with Crippen LogP contribution in [0.5, 0.6) is 0 Å². The Morgan fingerprint density at radius 2 is 1.03 bits per heavy atom. The van der Waals surface area contributed by atoms with E-state index in [9.17, 15) is 33.4 Å². The Hall–Kier alpha value is -2.38. The fourth-order valence-electron chi connectivity index (χ4n) is 7.77. The van der Waals surface area contributed by atoms with Crippen LogP contribution in [-0.4, -0.2) is 67.0 Å². The summed E-state index contributed by atoms with van der Waals surface area (Å²) in [5.41, 5.74) is 1.41. The first-order chi connectivity index (χ1) is 31.5. The van der Waals surface area contributed by atoms with Crippen LogP contribution < -0.4 is 39.8 Å². The zero-order chi connectivity index (χ0) is 47.2. The van der Waals surface area contributed by atoms with Crippen molar-refractivity contribution < 1.29 is 81.5 Å². The van der Waals surface area contributed by atoms with Gasteiger partial charge in [-0.1, -0.05) is 180 Å². The molecule has 1 heterocycles. The topological polar surface area (TPSA) is 175 Å². The molecule has 0 fully saturated rings. The molecule has 2 atom stereocenters. The summed E-state index contributed by atoms with van der Waals surface area (Å²) in [6, 6.07) is 6.98. The van der Waals surface area contributed by atoms with Gasteiger partial charge in [0, 0.05) is 38.0 Å². The minimum Gasteiger partial charge on any atom is -0.462 e. The Morgan fingerprint density at radius 1 is 0.591 bits per heavy atom. The molecule has 13 nitrogen and oxygen atoms in total. The molecule has 2 N–H and O–H groups in total. The van der Waals surface area contributed by atoms with E-state index in [1.165, 1.54) is 128 Å². The van der Waals surface area contributed by atoms with Gasteiger partial charge in [-0.15, -0.1) is 0 Å². The molecule has 370 valence electrons. The van der Waals surface area contributed by atoms with Crippen molar-refractivity contribution in [3.05, 3.63) is 42.0 Å². The monoisotopic (exact) mass is 956 g/mol. The Balaban J connectivity index is 0.0000218. The van der Waals surface area contributed by atoms with Crippen molar-refractivity contribution in [2.75, 3.05) is 31.3 Å². The summed E-state index contributed by atoms with van der Waals surface area (Å²) in [7, 11) is -4.61. The Bertz CT molecular complexity index is 1530. The summed E-state index contributed by atoms with van der Waals surface area (Å²) in [6.07, 6.45) is 34.0. The molecule has 0 radical (unpaired) electrons. The van der Waals surface area contributed by atoms with Crippen LogP contribution in [0.15, 0.2) is 36.4 Å². The second-order valence-electron chi connectivity index (χ2n) is 17.6. The van der Waals surface area contributed by atoms with Gasteiger partial charge in [-0.05, 0) is 43.4 Å². The van der Waals surface area contributed by atoms with Crippen LogP contribution in [0.1, 0.15) is 212 Å². The molecule has 3 amide bonds. The van der Waals surface area contributed by atoms with Crippen molar-refractivity contribution in [2.45, 2.75) is 219 Å². The number of carbonyl (C=O) groups is 5. The molecule has 0 aromatic heterocycles.